The fourth-order valence-corrected chi connectivity index (χ4v) is 11.4. The van der Waals surface area contributed by atoms with Crippen LogP contribution in [0.15, 0.2) is 53.8 Å². The standard InChI is InChI=1S/C54H80N2O13/c1-10-38-25-32(2)24-33(3)26-47(65-8)50-48(66-9)28-35(5)54(63,69-50)51(60)52(61)56-21-12-11-14-41(56)53(62)68-49(36(6)43(58)31-44(38)59)34(4)27-37-15-18-45(46(29-37)64-7)67-40-17-16-39-19-22-55(20-13-23-57)42(39)30-40/h16-17,19,22,25,27,30,33,35-38,41,43,45-50,57-58,63H,10-15,18,20-21,23-24,26,28-29,31H2,1-9H3/b32-25+,34-27?. The number of methoxy groups -OCH3 is 3. The molecule has 4 aliphatic rings. The Hall–Kier alpha value is -3.96. The van der Waals surface area contributed by atoms with Gasteiger partial charge in [-0.15, -0.1) is 0 Å². The van der Waals surface area contributed by atoms with Crippen LogP contribution in [0.4, 0.5) is 0 Å². The van der Waals surface area contributed by atoms with Crippen LogP contribution in [-0.2, 0) is 49.4 Å². The van der Waals surface area contributed by atoms with E-state index >= 15 is 0 Å². The van der Waals surface area contributed by atoms with E-state index in [1.54, 1.807) is 21.0 Å². The number of amides is 1. The number of fused-ring (bicyclic) bond motifs is 4. The fourth-order valence-electron chi connectivity index (χ4n) is 11.4. The Morgan fingerprint density at radius 1 is 0.913 bits per heavy atom. The SMILES string of the molecule is CCC1/C=C(\C)CC(C)CC(OC)C2OC(O)(C(=O)C(=O)N3CCCCC3C(=O)OC(C(C)=CC3CCC(Oc4ccc5ccn(CCCO)c5c4)C(OC)C3)C(C)C(O)CC1=O)C(C)CC2OC. The van der Waals surface area contributed by atoms with Gasteiger partial charge >= 0.3 is 5.97 Å². The number of aliphatic hydroxyl groups excluding tert-OH is 2. The molecule has 4 heterocycles. The highest BCUT2D eigenvalue weighted by atomic mass is 16.7. The molecule has 2 aromatic rings. The lowest BCUT2D eigenvalue weighted by atomic mass is 9.81. The number of ether oxygens (including phenoxy) is 6. The molecule has 2 bridgehead atoms. The van der Waals surface area contributed by atoms with Crippen molar-refractivity contribution >= 4 is 34.3 Å². The molecule has 384 valence electrons. The minimum Gasteiger partial charge on any atom is -0.488 e. The zero-order valence-electron chi connectivity index (χ0n) is 42.5. The van der Waals surface area contributed by atoms with Crippen LogP contribution in [-0.4, -0.2) is 137 Å². The number of rotatable bonds is 11. The van der Waals surface area contributed by atoms with Crippen LogP contribution >= 0.6 is 0 Å². The first-order valence-electron chi connectivity index (χ1n) is 25.4. The summed E-state index contributed by atoms with van der Waals surface area (Å²) in [4.78, 5) is 58.6. The molecule has 6 rings (SSSR count). The first-order valence-corrected chi connectivity index (χ1v) is 25.4. The summed E-state index contributed by atoms with van der Waals surface area (Å²) < 4.78 is 39.2. The van der Waals surface area contributed by atoms with E-state index in [1.165, 1.54) is 19.1 Å². The lowest BCUT2D eigenvalue weighted by Crippen LogP contribution is -2.64. The van der Waals surface area contributed by atoms with Gasteiger partial charge in [-0.2, -0.15) is 0 Å². The molecule has 14 unspecified atom stereocenters. The molecule has 2 saturated heterocycles. The molecule has 1 aromatic carbocycles. The van der Waals surface area contributed by atoms with Crippen molar-refractivity contribution in [1.82, 2.24) is 9.47 Å². The molecular formula is C54H80N2O13. The van der Waals surface area contributed by atoms with Gasteiger partial charge < -0.3 is 53.2 Å². The predicted octanol–water partition coefficient (Wildman–Crippen LogP) is 6.90. The summed E-state index contributed by atoms with van der Waals surface area (Å²) in [5, 5.41) is 34.5. The molecule has 0 spiro atoms. The number of carbonyl (C=O) groups is 4. The van der Waals surface area contributed by atoms with Gasteiger partial charge in [-0.05, 0) is 125 Å². The third-order valence-corrected chi connectivity index (χ3v) is 15.5. The number of benzene rings is 1. The average molecular weight is 965 g/mol. The number of carbonyl (C=O) groups excluding carboxylic acids is 4. The summed E-state index contributed by atoms with van der Waals surface area (Å²) in [6.45, 7) is 12.1. The predicted molar refractivity (Wildman–Crippen MR) is 260 cm³/mol. The first kappa shape index (κ1) is 54.4. The van der Waals surface area contributed by atoms with Crippen molar-refractivity contribution in [1.29, 1.82) is 0 Å². The Labute approximate surface area is 408 Å². The van der Waals surface area contributed by atoms with Crippen molar-refractivity contribution in [3.05, 3.63) is 53.8 Å². The Morgan fingerprint density at radius 2 is 1.64 bits per heavy atom. The van der Waals surface area contributed by atoms with Crippen LogP contribution in [0.25, 0.3) is 10.9 Å². The number of nitrogens with zero attached hydrogens (tertiary/aromatic N) is 2. The molecule has 15 nitrogen and oxygen atoms in total. The van der Waals surface area contributed by atoms with Crippen LogP contribution in [0.1, 0.15) is 119 Å². The number of hydrogen-bond donors (Lipinski definition) is 3. The zero-order chi connectivity index (χ0) is 50.2. The van der Waals surface area contributed by atoms with Crippen molar-refractivity contribution in [2.24, 2.45) is 29.6 Å². The van der Waals surface area contributed by atoms with Gasteiger partial charge in [0.05, 0.1) is 29.9 Å². The lowest BCUT2D eigenvalue weighted by Gasteiger charge is -2.47. The normalized spacial score (nSPS) is 36.0. The summed E-state index contributed by atoms with van der Waals surface area (Å²) in [6, 6.07) is 6.92. The third kappa shape index (κ3) is 12.8. The number of esters is 1. The van der Waals surface area contributed by atoms with Crippen molar-refractivity contribution < 1.29 is 62.9 Å². The van der Waals surface area contributed by atoms with Crippen molar-refractivity contribution in [3.8, 4) is 5.75 Å². The Kier molecular flexibility index (Phi) is 19.3. The van der Waals surface area contributed by atoms with Crippen molar-refractivity contribution in [3.63, 3.8) is 0 Å². The van der Waals surface area contributed by atoms with Crippen LogP contribution < -0.4 is 4.74 Å². The van der Waals surface area contributed by atoms with Crippen LogP contribution in [0.5, 0.6) is 5.75 Å². The topological polar surface area (TPSA) is 193 Å². The van der Waals surface area contributed by atoms with E-state index in [9.17, 15) is 34.5 Å². The highest BCUT2D eigenvalue weighted by molar-refractivity contribution is 6.39. The second-order valence-corrected chi connectivity index (χ2v) is 20.6. The number of piperidine rings is 1. The van der Waals surface area contributed by atoms with Crippen molar-refractivity contribution in [2.75, 3.05) is 34.5 Å². The number of aromatic nitrogens is 1. The van der Waals surface area contributed by atoms with E-state index in [0.29, 0.717) is 63.5 Å². The molecule has 69 heavy (non-hydrogen) atoms. The molecule has 1 amide bonds. The van der Waals surface area contributed by atoms with Crippen molar-refractivity contribution in [2.45, 2.75) is 180 Å². The largest absolute Gasteiger partial charge is 0.488 e. The van der Waals surface area contributed by atoms with Gasteiger partial charge in [0.15, 0.2) is 0 Å². The molecule has 1 aliphatic carbocycles. The Morgan fingerprint density at radius 3 is 2.33 bits per heavy atom. The molecule has 3 fully saturated rings. The van der Waals surface area contributed by atoms with E-state index in [1.807, 2.05) is 57.3 Å². The van der Waals surface area contributed by atoms with Gasteiger partial charge in [0.2, 0.25) is 5.79 Å². The highest BCUT2D eigenvalue weighted by Gasteiger charge is 2.56. The molecule has 15 heteroatoms. The quantitative estimate of drug-likeness (QED) is 0.120. The van der Waals surface area contributed by atoms with Gasteiger partial charge in [-0.25, -0.2) is 4.79 Å². The van der Waals surface area contributed by atoms with Gasteiger partial charge in [-0.1, -0.05) is 45.4 Å². The number of Topliss-reactive ketones (excluding diaryl/α,β-unsaturated/α-hetero) is 2. The maximum atomic E-state index is 14.6. The number of aliphatic hydroxyl groups is 3. The van der Waals surface area contributed by atoms with E-state index in [2.05, 4.69) is 17.6 Å². The summed E-state index contributed by atoms with van der Waals surface area (Å²) >= 11 is 0. The summed E-state index contributed by atoms with van der Waals surface area (Å²) in [5.41, 5.74) is 2.70. The Bertz CT molecular complexity index is 2130. The van der Waals surface area contributed by atoms with Gasteiger partial charge in [-0.3, -0.25) is 14.4 Å². The third-order valence-electron chi connectivity index (χ3n) is 15.5. The fraction of sp³-hybridized carbons (Fsp3) is 0.704. The van der Waals surface area contributed by atoms with Gasteiger partial charge in [0.25, 0.3) is 11.7 Å². The molecule has 1 saturated carbocycles. The molecule has 1 aromatic heterocycles. The second-order valence-electron chi connectivity index (χ2n) is 20.6. The summed E-state index contributed by atoms with van der Waals surface area (Å²) in [6.07, 6.45) is 7.02. The maximum absolute atomic E-state index is 14.6. The number of cyclic esters (lactones) is 1. The Balaban J connectivity index is 1.29. The number of ketones is 2. The van der Waals surface area contributed by atoms with E-state index in [-0.39, 0.29) is 62.2 Å². The molecule has 3 N–H and O–H groups in total. The van der Waals surface area contributed by atoms with Gasteiger partial charge in [0, 0.05) is 77.5 Å². The molecule has 0 radical (unpaired) electrons. The summed E-state index contributed by atoms with van der Waals surface area (Å²) in [5.74, 6) is -6.86. The zero-order valence-corrected chi connectivity index (χ0v) is 42.5. The van der Waals surface area contributed by atoms with E-state index in [0.717, 1.165) is 28.6 Å². The molecule has 14 atom stereocenters. The maximum Gasteiger partial charge on any atom is 0.329 e. The summed E-state index contributed by atoms with van der Waals surface area (Å²) in [7, 11) is 4.75. The van der Waals surface area contributed by atoms with E-state index < -0.39 is 77.8 Å². The number of aryl methyl sites for hydroxylation is 1. The van der Waals surface area contributed by atoms with Crippen LogP contribution in [0.2, 0.25) is 0 Å². The second kappa shape index (κ2) is 24.4. The van der Waals surface area contributed by atoms with Crippen LogP contribution in [0.3, 0.4) is 0 Å². The molecular weight excluding hydrogens is 885 g/mol. The average Bonchev–Trinajstić information content (AvgIpc) is 3.75. The molecule has 3 aliphatic heterocycles. The van der Waals surface area contributed by atoms with Gasteiger partial charge in [0.1, 0.15) is 35.9 Å². The van der Waals surface area contributed by atoms with E-state index in [4.69, 9.17) is 28.4 Å². The minimum atomic E-state index is -2.52. The smallest absolute Gasteiger partial charge is 0.329 e. The number of hydrogen-bond acceptors (Lipinski definition) is 13. The number of allylic oxidation sites excluding steroid dienone is 3. The minimum absolute atomic E-state index is 0.00868. The van der Waals surface area contributed by atoms with Crippen LogP contribution in [0, 0.1) is 29.6 Å². The first-order chi connectivity index (χ1) is 33.0. The highest BCUT2D eigenvalue weighted by Crippen LogP contribution is 2.40. The lowest BCUT2D eigenvalue weighted by molar-refractivity contribution is -0.302. The monoisotopic (exact) mass is 965 g/mol.